The first-order valence-electron chi connectivity index (χ1n) is 12.7. The Balaban J connectivity index is 2.00. The van der Waals surface area contributed by atoms with Gasteiger partial charge in [0, 0.05) is 18.2 Å². The molecule has 202 valence electrons. The van der Waals surface area contributed by atoms with E-state index in [4.69, 9.17) is 11.2 Å². The Labute approximate surface area is 230 Å². The molecule has 0 aliphatic carbocycles. The Hall–Kier alpha value is -4.57. The van der Waals surface area contributed by atoms with Gasteiger partial charge in [0.05, 0.1) is 0 Å². The molecule has 3 aromatic rings. The lowest BCUT2D eigenvalue weighted by Gasteiger charge is -2.30. The number of hydrogen-bond donors (Lipinski definition) is 2. The molecule has 2 atom stereocenters. The normalized spacial score (nSPS) is 12.4. The summed E-state index contributed by atoms with van der Waals surface area (Å²) in [5, 5.41) is 5.58. The zero-order chi connectivity index (χ0) is 28.6. The van der Waals surface area contributed by atoms with E-state index in [1.165, 1.54) is 0 Å². The molecular weight excluding hydrogens is 490 g/mol. The molecule has 3 aromatic carbocycles. The number of carbonyl (C=O) groups excluding carboxylic acids is 3. The number of anilines is 1. The van der Waals surface area contributed by atoms with Gasteiger partial charge in [-0.05, 0) is 57.4 Å². The lowest BCUT2D eigenvalue weighted by molar-refractivity contribution is -0.136. The van der Waals surface area contributed by atoms with E-state index < -0.39 is 35.6 Å². The van der Waals surface area contributed by atoms with Gasteiger partial charge in [0.15, 0.2) is 0 Å². The van der Waals surface area contributed by atoms with Crippen LogP contribution in [0.4, 0.5) is 10.5 Å². The molecule has 0 bridgehead atoms. The molecule has 3 rings (SSSR count). The van der Waals surface area contributed by atoms with Crippen molar-refractivity contribution in [3.8, 4) is 12.5 Å². The van der Waals surface area contributed by atoms with Gasteiger partial charge in [-0.15, -0.1) is 0 Å². The highest BCUT2D eigenvalue weighted by Crippen LogP contribution is 2.26. The molecule has 0 heterocycles. The van der Waals surface area contributed by atoms with Gasteiger partial charge >= 0.3 is 6.09 Å². The van der Waals surface area contributed by atoms with Gasteiger partial charge in [0.2, 0.25) is 0 Å². The largest absolute Gasteiger partial charge is 0.444 e. The van der Waals surface area contributed by atoms with Crippen LogP contribution in [0, 0.1) is 26.3 Å². The van der Waals surface area contributed by atoms with Crippen molar-refractivity contribution in [1.29, 1.82) is 0 Å². The Morgan fingerprint density at radius 3 is 2.13 bits per heavy atom. The van der Waals surface area contributed by atoms with E-state index in [9.17, 15) is 14.4 Å². The molecule has 7 heteroatoms. The quantitative estimate of drug-likeness (QED) is 0.299. The molecular formula is C32H35N3O4. The van der Waals surface area contributed by atoms with Crippen LogP contribution in [0.15, 0.2) is 78.9 Å². The highest BCUT2D eigenvalue weighted by atomic mass is 16.6. The third kappa shape index (κ3) is 8.21. The smallest absolute Gasteiger partial charge is 0.408 e. The number of amides is 3. The van der Waals surface area contributed by atoms with Crippen molar-refractivity contribution in [1.82, 2.24) is 10.2 Å². The van der Waals surface area contributed by atoms with Crippen LogP contribution in [-0.4, -0.2) is 34.5 Å². The molecule has 7 nitrogen and oxygen atoms in total. The Kier molecular flexibility index (Phi) is 9.51. The molecule has 2 unspecified atom stereocenters. The third-order valence-electron chi connectivity index (χ3n) is 5.95. The van der Waals surface area contributed by atoms with Crippen molar-refractivity contribution in [2.24, 2.45) is 0 Å². The van der Waals surface area contributed by atoms with E-state index in [0.717, 1.165) is 21.6 Å². The van der Waals surface area contributed by atoms with Crippen LogP contribution in [0.25, 0.3) is 0 Å². The summed E-state index contributed by atoms with van der Waals surface area (Å²) in [6.07, 6.45) is 5.29. The summed E-state index contributed by atoms with van der Waals surface area (Å²) >= 11 is 0. The number of nitrogens with zero attached hydrogens (tertiary/aromatic N) is 1. The fourth-order valence-corrected chi connectivity index (χ4v) is 4.01. The van der Waals surface area contributed by atoms with Gasteiger partial charge in [0.1, 0.15) is 17.7 Å². The van der Waals surface area contributed by atoms with Gasteiger partial charge in [-0.3, -0.25) is 14.5 Å². The zero-order valence-electron chi connectivity index (χ0n) is 23.0. The van der Waals surface area contributed by atoms with E-state index in [0.29, 0.717) is 11.3 Å². The number of carbonyl (C=O) groups is 3. The maximum Gasteiger partial charge on any atom is 0.408 e. The number of para-hydroxylation sites is 1. The fraction of sp³-hybridized carbons (Fsp3) is 0.281. The number of ether oxygens (including phenoxy) is 1. The number of benzene rings is 3. The van der Waals surface area contributed by atoms with Crippen LogP contribution >= 0.6 is 0 Å². The highest BCUT2D eigenvalue weighted by molar-refractivity contribution is 6.00. The van der Waals surface area contributed by atoms with Crippen LogP contribution in [0.2, 0.25) is 0 Å². The lowest BCUT2D eigenvalue weighted by atomic mass is 10.00. The molecule has 0 radical (unpaired) electrons. The maximum atomic E-state index is 14.0. The highest BCUT2D eigenvalue weighted by Gasteiger charge is 2.36. The Morgan fingerprint density at radius 2 is 1.54 bits per heavy atom. The third-order valence-corrected chi connectivity index (χ3v) is 5.95. The molecule has 3 amide bonds. The molecule has 0 spiro atoms. The van der Waals surface area contributed by atoms with E-state index in [-0.39, 0.29) is 6.42 Å². The molecule has 0 fully saturated rings. The number of terminal acetylenes is 1. The van der Waals surface area contributed by atoms with Crippen molar-refractivity contribution in [3.63, 3.8) is 0 Å². The van der Waals surface area contributed by atoms with Gasteiger partial charge in [-0.25, -0.2) is 4.79 Å². The van der Waals surface area contributed by atoms with E-state index in [1.54, 1.807) is 39.0 Å². The second-order valence-electron chi connectivity index (χ2n) is 10.3. The standard InChI is InChI=1S/C32H35N3O4/c1-7-35(30(37)27(21-24-14-9-8-10-15-24)34-31(38)39-32(4,5)6)28(25-19-17-22(2)18-20-25)29(36)33-26-16-12-11-13-23(26)3/h1,8-20,27-28H,21H2,2-6H3,(H,33,36)(H,34,38). The Morgan fingerprint density at radius 1 is 0.923 bits per heavy atom. The second kappa shape index (κ2) is 12.8. The average Bonchev–Trinajstić information content (AvgIpc) is 2.88. The minimum absolute atomic E-state index is 0.150. The molecule has 0 aliphatic heterocycles. The van der Waals surface area contributed by atoms with Crippen molar-refractivity contribution in [2.75, 3.05) is 5.32 Å². The molecule has 0 aromatic heterocycles. The van der Waals surface area contributed by atoms with Gasteiger partial charge in [-0.2, -0.15) is 0 Å². The number of alkyl carbamates (subject to hydrolysis) is 1. The first-order valence-corrected chi connectivity index (χ1v) is 12.7. The summed E-state index contributed by atoms with van der Waals surface area (Å²) in [6.45, 7) is 9.01. The van der Waals surface area contributed by atoms with Crippen LogP contribution in [0.5, 0.6) is 0 Å². The summed E-state index contributed by atoms with van der Waals surface area (Å²) in [5.74, 6) is -1.09. The van der Waals surface area contributed by atoms with Crippen molar-refractivity contribution in [3.05, 3.63) is 101 Å². The summed E-state index contributed by atoms with van der Waals surface area (Å²) in [6, 6.07) is 24.0. The number of hydrogen-bond acceptors (Lipinski definition) is 4. The SMILES string of the molecule is C#CN(C(=O)C(Cc1ccccc1)NC(=O)OC(C)(C)C)C(C(=O)Nc1ccccc1C)c1ccc(C)cc1. The second-order valence-corrected chi connectivity index (χ2v) is 10.3. The molecule has 39 heavy (non-hydrogen) atoms. The maximum absolute atomic E-state index is 14.0. The van der Waals surface area contributed by atoms with E-state index in [1.807, 2.05) is 74.5 Å². The molecule has 2 N–H and O–H groups in total. The minimum Gasteiger partial charge on any atom is -0.444 e. The summed E-state index contributed by atoms with van der Waals surface area (Å²) in [7, 11) is 0. The monoisotopic (exact) mass is 525 g/mol. The van der Waals surface area contributed by atoms with E-state index in [2.05, 4.69) is 16.7 Å². The van der Waals surface area contributed by atoms with Crippen molar-refractivity contribution < 1.29 is 19.1 Å². The molecule has 0 aliphatic rings. The van der Waals surface area contributed by atoms with Crippen LogP contribution in [0.1, 0.15) is 49.1 Å². The predicted molar refractivity (Wildman–Crippen MR) is 153 cm³/mol. The van der Waals surface area contributed by atoms with Crippen molar-refractivity contribution in [2.45, 2.75) is 58.7 Å². The summed E-state index contributed by atoms with van der Waals surface area (Å²) in [4.78, 5) is 41.5. The van der Waals surface area contributed by atoms with Crippen molar-refractivity contribution >= 4 is 23.6 Å². The summed E-state index contributed by atoms with van der Waals surface area (Å²) < 4.78 is 5.42. The number of nitrogens with one attached hydrogen (secondary N) is 2. The molecule has 0 saturated carbocycles. The molecule has 0 saturated heterocycles. The fourth-order valence-electron chi connectivity index (χ4n) is 4.01. The van der Waals surface area contributed by atoms with Crippen LogP contribution in [0.3, 0.4) is 0 Å². The first kappa shape index (κ1) is 29.0. The van der Waals surface area contributed by atoms with Gasteiger partial charge in [0.25, 0.3) is 11.8 Å². The number of rotatable bonds is 8. The van der Waals surface area contributed by atoms with Crippen LogP contribution in [-0.2, 0) is 20.7 Å². The minimum atomic E-state index is -1.15. The predicted octanol–water partition coefficient (Wildman–Crippen LogP) is 5.54. The lowest BCUT2D eigenvalue weighted by Crippen LogP contribution is -2.51. The number of aryl methyl sites for hydroxylation is 2. The topological polar surface area (TPSA) is 87.7 Å². The van der Waals surface area contributed by atoms with Crippen LogP contribution < -0.4 is 10.6 Å². The summed E-state index contributed by atoms with van der Waals surface area (Å²) in [5.41, 5.74) is 3.03. The average molecular weight is 526 g/mol. The van der Waals surface area contributed by atoms with Gasteiger partial charge in [-0.1, -0.05) is 84.8 Å². The zero-order valence-corrected chi connectivity index (χ0v) is 23.0. The Bertz CT molecular complexity index is 1340. The van der Waals surface area contributed by atoms with E-state index >= 15 is 0 Å². The first-order chi connectivity index (χ1) is 18.5. The van der Waals surface area contributed by atoms with Gasteiger partial charge < -0.3 is 15.4 Å².